The third-order valence-corrected chi connectivity index (χ3v) is 4.01. The SMILES string of the molecule is COc1ccc(C#N)cc1CN1CCC(C)(C)CC1. The van der Waals surface area contributed by atoms with E-state index in [1.165, 1.54) is 12.8 Å². The molecule has 0 atom stereocenters. The van der Waals surface area contributed by atoms with Crippen molar-refractivity contribution < 1.29 is 4.74 Å². The minimum atomic E-state index is 0.467. The van der Waals surface area contributed by atoms with Gasteiger partial charge < -0.3 is 4.74 Å². The molecule has 0 spiro atoms. The summed E-state index contributed by atoms with van der Waals surface area (Å²) >= 11 is 0. The van der Waals surface area contributed by atoms with Crippen LogP contribution < -0.4 is 4.74 Å². The fourth-order valence-corrected chi connectivity index (χ4v) is 2.53. The molecule has 1 aromatic rings. The number of likely N-dealkylation sites (tertiary alicyclic amines) is 1. The van der Waals surface area contributed by atoms with E-state index in [9.17, 15) is 0 Å². The Labute approximate surface area is 115 Å². The van der Waals surface area contributed by atoms with E-state index in [-0.39, 0.29) is 0 Å². The molecule has 19 heavy (non-hydrogen) atoms. The fourth-order valence-electron chi connectivity index (χ4n) is 2.53. The van der Waals surface area contributed by atoms with Crippen LogP contribution in [0.1, 0.15) is 37.8 Å². The van der Waals surface area contributed by atoms with E-state index in [0.717, 1.165) is 30.9 Å². The number of piperidine rings is 1. The summed E-state index contributed by atoms with van der Waals surface area (Å²) in [6.45, 7) is 7.77. The van der Waals surface area contributed by atoms with Gasteiger partial charge in [-0.1, -0.05) is 13.8 Å². The Hall–Kier alpha value is -1.53. The Kier molecular flexibility index (Phi) is 4.11. The summed E-state index contributed by atoms with van der Waals surface area (Å²) in [5, 5.41) is 9.00. The highest BCUT2D eigenvalue weighted by molar-refractivity contribution is 5.42. The molecule has 0 bridgehead atoms. The molecule has 1 heterocycles. The number of benzene rings is 1. The number of hydrogen-bond donors (Lipinski definition) is 0. The first-order valence-corrected chi connectivity index (χ1v) is 6.83. The van der Waals surface area contributed by atoms with Gasteiger partial charge in [-0.25, -0.2) is 0 Å². The maximum Gasteiger partial charge on any atom is 0.123 e. The highest BCUT2D eigenvalue weighted by Gasteiger charge is 2.25. The zero-order valence-corrected chi connectivity index (χ0v) is 12.1. The van der Waals surface area contributed by atoms with Crippen molar-refractivity contribution in [1.29, 1.82) is 5.26 Å². The van der Waals surface area contributed by atoms with Crippen LogP contribution in [0.2, 0.25) is 0 Å². The van der Waals surface area contributed by atoms with E-state index in [1.807, 2.05) is 18.2 Å². The van der Waals surface area contributed by atoms with E-state index in [2.05, 4.69) is 24.8 Å². The Morgan fingerprint density at radius 3 is 2.58 bits per heavy atom. The molecule has 102 valence electrons. The monoisotopic (exact) mass is 258 g/mol. The summed E-state index contributed by atoms with van der Waals surface area (Å²) in [5.41, 5.74) is 2.28. The van der Waals surface area contributed by atoms with E-state index < -0.39 is 0 Å². The first-order valence-electron chi connectivity index (χ1n) is 6.83. The van der Waals surface area contributed by atoms with Gasteiger partial charge in [0.2, 0.25) is 0 Å². The van der Waals surface area contributed by atoms with Crippen LogP contribution in [0.25, 0.3) is 0 Å². The van der Waals surface area contributed by atoms with E-state index >= 15 is 0 Å². The van der Waals surface area contributed by atoms with Gasteiger partial charge in [0.05, 0.1) is 18.7 Å². The molecule has 0 saturated carbocycles. The van der Waals surface area contributed by atoms with Crippen LogP contribution in [-0.2, 0) is 6.54 Å². The molecule has 1 saturated heterocycles. The van der Waals surface area contributed by atoms with Gasteiger partial charge in [0.25, 0.3) is 0 Å². The van der Waals surface area contributed by atoms with Crippen molar-refractivity contribution in [2.75, 3.05) is 20.2 Å². The van der Waals surface area contributed by atoms with Gasteiger partial charge in [-0.2, -0.15) is 5.26 Å². The van der Waals surface area contributed by atoms with E-state index in [4.69, 9.17) is 10.00 Å². The summed E-state index contributed by atoms with van der Waals surface area (Å²) in [7, 11) is 1.68. The average Bonchev–Trinajstić information content (AvgIpc) is 2.41. The highest BCUT2D eigenvalue weighted by atomic mass is 16.5. The third kappa shape index (κ3) is 3.48. The van der Waals surface area contributed by atoms with Gasteiger partial charge in [0, 0.05) is 12.1 Å². The maximum absolute atomic E-state index is 9.00. The Morgan fingerprint density at radius 2 is 2.00 bits per heavy atom. The maximum atomic E-state index is 9.00. The van der Waals surface area contributed by atoms with E-state index in [0.29, 0.717) is 11.0 Å². The van der Waals surface area contributed by atoms with Crippen molar-refractivity contribution in [2.45, 2.75) is 33.2 Å². The lowest BCUT2D eigenvalue weighted by atomic mass is 9.82. The first kappa shape index (κ1) is 13.9. The quantitative estimate of drug-likeness (QED) is 0.835. The summed E-state index contributed by atoms with van der Waals surface area (Å²) in [6.07, 6.45) is 2.46. The molecule has 0 radical (unpaired) electrons. The lowest BCUT2D eigenvalue weighted by Gasteiger charge is -2.37. The summed E-state index contributed by atoms with van der Waals surface area (Å²) < 4.78 is 5.39. The van der Waals surface area contributed by atoms with Crippen LogP contribution in [0.5, 0.6) is 5.75 Å². The molecule has 1 fully saturated rings. The fraction of sp³-hybridized carbons (Fsp3) is 0.562. The van der Waals surface area contributed by atoms with Gasteiger partial charge in [0.1, 0.15) is 5.75 Å². The molecular formula is C16H22N2O. The van der Waals surface area contributed by atoms with Gasteiger partial charge in [-0.15, -0.1) is 0 Å². The topological polar surface area (TPSA) is 36.3 Å². The lowest BCUT2D eigenvalue weighted by molar-refractivity contribution is 0.126. The number of nitriles is 1. The molecular weight excluding hydrogens is 236 g/mol. The molecule has 0 amide bonds. The summed E-state index contributed by atoms with van der Waals surface area (Å²) in [6, 6.07) is 7.84. The van der Waals surface area contributed by atoms with Gasteiger partial charge in [0.15, 0.2) is 0 Å². The Balaban J connectivity index is 2.09. The summed E-state index contributed by atoms with van der Waals surface area (Å²) in [4.78, 5) is 2.45. The van der Waals surface area contributed by atoms with Crippen LogP contribution >= 0.6 is 0 Å². The summed E-state index contributed by atoms with van der Waals surface area (Å²) in [5.74, 6) is 0.879. The zero-order valence-electron chi connectivity index (χ0n) is 12.1. The predicted molar refractivity (Wildman–Crippen MR) is 76.0 cm³/mol. The molecule has 3 nitrogen and oxygen atoms in total. The van der Waals surface area contributed by atoms with Gasteiger partial charge in [-0.05, 0) is 49.5 Å². The smallest absolute Gasteiger partial charge is 0.123 e. The molecule has 1 aromatic carbocycles. The first-order chi connectivity index (χ1) is 9.04. The molecule has 2 rings (SSSR count). The van der Waals surface area contributed by atoms with Crippen LogP contribution in [0.3, 0.4) is 0 Å². The number of methoxy groups -OCH3 is 1. The number of rotatable bonds is 3. The molecule has 0 aromatic heterocycles. The van der Waals surface area contributed by atoms with Gasteiger partial charge >= 0.3 is 0 Å². The van der Waals surface area contributed by atoms with Crippen molar-refractivity contribution >= 4 is 0 Å². The second-order valence-electron chi connectivity index (χ2n) is 6.08. The number of ether oxygens (including phenoxy) is 1. The van der Waals surface area contributed by atoms with Crippen LogP contribution in [0.15, 0.2) is 18.2 Å². The van der Waals surface area contributed by atoms with Crippen molar-refractivity contribution in [3.63, 3.8) is 0 Å². The van der Waals surface area contributed by atoms with Crippen molar-refractivity contribution in [2.24, 2.45) is 5.41 Å². The van der Waals surface area contributed by atoms with Crippen LogP contribution in [-0.4, -0.2) is 25.1 Å². The zero-order chi connectivity index (χ0) is 13.9. The molecule has 0 N–H and O–H groups in total. The van der Waals surface area contributed by atoms with Crippen molar-refractivity contribution in [3.05, 3.63) is 29.3 Å². The second kappa shape index (κ2) is 5.63. The van der Waals surface area contributed by atoms with Crippen molar-refractivity contribution in [1.82, 2.24) is 4.90 Å². The normalized spacial score (nSPS) is 18.8. The molecule has 0 aliphatic carbocycles. The third-order valence-electron chi connectivity index (χ3n) is 4.01. The molecule has 3 heteroatoms. The average molecular weight is 258 g/mol. The largest absolute Gasteiger partial charge is 0.496 e. The lowest BCUT2D eigenvalue weighted by Crippen LogP contribution is -2.36. The standard InChI is InChI=1S/C16H22N2O/c1-16(2)6-8-18(9-7-16)12-14-10-13(11-17)4-5-15(14)19-3/h4-5,10H,6-9,12H2,1-3H3. The van der Waals surface area contributed by atoms with Gasteiger partial charge in [-0.3, -0.25) is 4.90 Å². The van der Waals surface area contributed by atoms with Crippen LogP contribution in [0.4, 0.5) is 0 Å². The molecule has 1 aliphatic heterocycles. The van der Waals surface area contributed by atoms with Crippen LogP contribution in [0, 0.1) is 16.7 Å². The second-order valence-corrected chi connectivity index (χ2v) is 6.08. The number of nitrogens with zero attached hydrogens (tertiary/aromatic N) is 2. The number of hydrogen-bond acceptors (Lipinski definition) is 3. The molecule has 1 aliphatic rings. The Bertz CT molecular complexity index is 478. The van der Waals surface area contributed by atoms with Crippen molar-refractivity contribution in [3.8, 4) is 11.8 Å². The minimum absolute atomic E-state index is 0.467. The predicted octanol–water partition coefficient (Wildman–Crippen LogP) is 3.19. The minimum Gasteiger partial charge on any atom is -0.496 e. The highest BCUT2D eigenvalue weighted by Crippen LogP contribution is 2.31. The molecule has 0 unspecified atom stereocenters. The van der Waals surface area contributed by atoms with E-state index in [1.54, 1.807) is 7.11 Å². The Morgan fingerprint density at radius 1 is 1.32 bits per heavy atom.